The van der Waals surface area contributed by atoms with E-state index in [0.29, 0.717) is 19.1 Å². The molecule has 2 aromatic rings. The van der Waals surface area contributed by atoms with E-state index in [2.05, 4.69) is 21.1 Å². The molecule has 1 amide bonds. The van der Waals surface area contributed by atoms with Crippen molar-refractivity contribution in [3.8, 4) is 0 Å². The Labute approximate surface area is 172 Å². The van der Waals surface area contributed by atoms with E-state index in [1.165, 1.54) is 10.4 Å². The molecule has 2 aliphatic heterocycles. The quantitative estimate of drug-likeness (QED) is 0.744. The van der Waals surface area contributed by atoms with Gasteiger partial charge in [0.15, 0.2) is 4.90 Å². The number of likely N-dealkylation sites (tertiary alicyclic amines) is 1. The number of fused-ring (bicyclic) bond motifs is 1. The van der Waals surface area contributed by atoms with E-state index < -0.39 is 26.6 Å². The molecule has 1 saturated heterocycles. The van der Waals surface area contributed by atoms with Crippen LogP contribution in [0.1, 0.15) is 16.9 Å². The van der Waals surface area contributed by atoms with Crippen LogP contribution in [0.5, 0.6) is 0 Å². The lowest BCUT2D eigenvalue weighted by atomic mass is 10.0. The van der Waals surface area contributed by atoms with Gasteiger partial charge in [0.05, 0.1) is 0 Å². The highest BCUT2D eigenvalue weighted by Gasteiger charge is 2.36. The number of halogens is 2. The van der Waals surface area contributed by atoms with E-state index in [1.54, 1.807) is 16.2 Å². The van der Waals surface area contributed by atoms with Gasteiger partial charge in [0, 0.05) is 50.1 Å². The fraction of sp³-hybridized carbons (Fsp3) is 0.421. The Kier molecular flexibility index (Phi) is 5.69. The van der Waals surface area contributed by atoms with Crippen molar-refractivity contribution in [2.45, 2.75) is 30.3 Å². The molecule has 0 saturated carbocycles. The number of nitrogens with one attached hydrogen (secondary N) is 1. The largest absolute Gasteiger partial charge is 0.339 e. The Morgan fingerprint density at radius 1 is 1.21 bits per heavy atom. The minimum atomic E-state index is -4.36. The third-order valence-corrected chi connectivity index (χ3v) is 7.92. The highest BCUT2D eigenvalue weighted by atomic mass is 32.2. The average molecular weight is 442 g/mol. The number of rotatable bonds is 6. The molecule has 0 atom stereocenters. The summed E-state index contributed by atoms with van der Waals surface area (Å²) >= 11 is 1.79. The smallest absolute Gasteiger partial charge is 0.246 e. The number of amides is 1. The van der Waals surface area contributed by atoms with Gasteiger partial charge in [0.25, 0.3) is 0 Å². The van der Waals surface area contributed by atoms with E-state index in [0.717, 1.165) is 37.7 Å². The van der Waals surface area contributed by atoms with Crippen LogP contribution in [-0.4, -0.2) is 56.3 Å². The normalized spacial score (nSPS) is 17.8. The van der Waals surface area contributed by atoms with E-state index in [9.17, 15) is 22.0 Å². The van der Waals surface area contributed by atoms with Crippen molar-refractivity contribution in [2.24, 2.45) is 0 Å². The van der Waals surface area contributed by atoms with Gasteiger partial charge >= 0.3 is 0 Å². The summed E-state index contributed by atoms with van der Waals surface area (Å²) in [7, 11) is -4.36. The Hall–Kier alpha value is -1.88. The lowest BCUT2D eigenvalue weighted by molar-refractivity contribution is -0.138. The van der Waals surface area contributed by atoms with Crippen LogP contribution in [0.4, 0.5) is 8.78 Å². The second-order valence-electron chi connectivity index (χ2n) is 7.24. The predicted octanol–water partition coefficient (Wildman–Crippen LogP) is 1.96. The molecule has 10 heteroatoms. The van der Waals surface area contributed by atoms with Crippen LogP contribution < -0.4 is 4.72 Å². The molecule has 1 fully saturated rings. The number of nitrogens with zero attached hydrogens (tertiary/aromatic N) is 2. The van der Waals surface area contributed by atoms with Gasteiger partial charge in [-0.2, -0.15) is 0 Å². The second-order valence-corrected chi connectivity index (χ2v) is 9.95. The molecule has 0 spiro atoms. The molecule has 1 aromatic carbocycles. The summed E-state index contributed by atoms with van der Waals surface area (Å²) in [6.07, 6.45) is 0.975. The first-order chi connectivity index (χ1) is 13.8. The number of sulfonamides is 1. The number of carbonyl (C=O) groups excluding carboxylic acids is 1. The molecule has 4 rings (SSSR count). The maximum absolute atomic E-state index is 13.7. The average Bonchev–Trinajstić information content (AvgIpc) is 3.07. The molecule has 0 bridgehead atoms. The van der Waals surface area contributed by atoms with Crippen LogP contribution in [0.25, 0.3) is 0 Å². The monoisotopic (exact) mass is 441 g/mol. The lowest BCUT2D eigenvalue weighted by Gasteiger charge is -2.46. The fourth-order valence-electron chi connectivity index (χ4n) is 3.73. The van der Waals surface area contributed by atoms with E-state index in [-0.39, 0.29) is 18.9 Å². The maximum Gasteiger partial charge on any atom is 0.246 e. The van der Waals surface area contributed by atoms with Crippen LogP contribution in [-0.2, 0) is 27.8 Å². The number of hydrogen-bond donors (Lipinski definition) is 1. The zero-order valence-corrected chi connectivity index (χ0v) is 17.2. The Morgan fingerprint density at radius 2 is 1.93 bits per heavy atom. The van der Waals surface area contributed by atoms with Gasteiger partial charge in [-0.1, -0.05) is 6.07 Å². The van der Waals surface area contributed by atoms with Crippen molar-refractivity contribution >= 4 is 27.3 Å². The Morgan fingerprint density at radius 3 is 2.66 bits per heavy atom. The first-order valence-electron chi connectivity index (χ1n) is 9.36. The molecule has 2 aliphatic rings. The minimum Gasteiger partial charge on any atom is -0.339 e. The highest BCUT2D eigenvalue weighted by Crippen LogP contribution is 2.27. The number of benzene rings is 1. The molecule has 0 aliphatic carbocycles. The first kappa shape index (κ1) is 20.4. The van der Waals surface area contributed by atoms with Crippen molar-refractivity contribution in [3.63, 3.8) is 0 Å². The van der Waals surface area contributed by atoms with Gasteiger partial charge < -0.3 is 4.90 Å². The minimum absolute atomic E-state index is 0.0588. The van der Waals surface area contributed by atoms with E-state index >= 15 is 0 Å². The zero-order chi connectivity index (χ0) is 20.6. The van der Waals surface area contributed by atoms with Gasteiger partial charge in [0.2, 0.25) is 15.9 Å². The molecule has 0 radical (unpaired) electrons. The van der Waals surface area contributed by atoms with Gasteiger partial charge in [0.1, 0.15) is 11.6 Å². The molecule has 6 nitrogen and oxygen atoms in total. The maximum atomic E-state index is 13.7. The van der Waals surface area contributed by atoms with Crippen LogP contribution in [0.2, 0.25) is 0 Å². The van der Waals surface area contributed by atoms with Crippen LogP contribution in [0.15, 0.2) is 34.5 Å². The first-order valence-corrected chi connectivity index (χ1v) is 11.7. The standard InChI is InChI=1S/C19H21F2N3O3S2/c20-15-2-1-3-16(21)19(15)29(26,27)22-7-4-18(25)24-11-14(12-24)23-8-5-17-13(10-23)6-9-28-17/h1-3,6,9,14,22H,4-5,7-8,10-12H2. The van der Waals surface area contributed by atoms with Gasteiger partial charge in [-0.15, -0.1) is 11.3 Å². The third-order valence-electron chi connectivity index (χ3n) is 5.39. The van der Waals surface area contributed by atoms with E-state index in [1.807, 2.05) is 0 Å². The van der Waals surface area contributed by atoms with Crippen molar-refractivity contribution < 1.29 is 22.0 Å². The fourth-order valence-corrected chi connectivity index (χ4v) is 5.79. The third kappa shape index (κ3) is 4.20. The van der Waals surface area contributed by atoms with Crippen LogP contribution >= 0.6 is 11.3 Å². The van der Waals surface area contributed by atoms with Crippen molar-refractivity contribution in [1.82, 2.24) is 14.5 Å². The Balaban J connectivity index is 1.24. The number of hydrogen-bond acceptors (Lipinski definition) is 5. The molecular weight excluding hydrogens is 420 g/mol. The number of carbonyl (C=O) groups is 1. The van der Waals surface area contributed by atoms with Crippen molar-refractivity contribution in [2.75, 3.05) is 26.2 Å². The molecule has 156 valence electrons. The highest BCUT2D eigenvalue weighted by molar-refractivity contribution is 7.89. The second kappa shape index (κ2) is 8.10. The molecule has 3 heterocycles. The molecule has 0 unspecified atom stereocenters. The summed E-state index contributed by atoms with van der Waals surface area (Å²) in [6, 6.07) is 5.31. The summed E-state index contributed by atoms with van der Waals surface area (Å²) in [5.74, 6) is -2.50. The predicted molar refractivity (Wildman–Crippen MR) is 105 cm³/mol. The summed E-state index contributed by atoms with van der Waals surface area (Å²) in [5.41, 5.74) is 1.36. The van der Waals surface area contributed by atoms with Gasteiger partial charge in [-0.05, 0) is 35.6 Å². The van der Waals surface area contributed by atoms with E-state index in [4.69, 9.17) is 0 Å². The molecule has 29 heavy (non-hydrogen) atoms. The number of thiophene rings is 1. The summed E-state index contributed by atoms with van der Waals surface area (Å²) in [4.78, 5) is 16.8. The molecule has 1 N–H and O–H groups in total. The summed E-state index contributed by atoms with van der Waals surface area (Å²) < 4.78 is 53.7. The van der Waals surface area contributed by atoms with Crippen LogP contribution in [0, 0.1) is 11.6 Å². The summed E-state index contributed by atoms with van der Waals surface area (Å²) in [6.45, 7) is 2.91. The summed E-state index contributed by atoms with van der Waals surface area (Å²) in [5, 5.41) is 2.11. The van der Waals surface area contributed by atoms with Crippen molar-refractivity contribution in [3.05, 3.63) is 51.7 Å². The Bertz CT molecular complexity index is 999. The van der Waals surface area contributed by atoms with Gasteiger partial charge in [-0.25, -0.2) is 21.9 Å². The zero-order valence-electron chi connectivity index (χ0n) is 15.6. The molecular formula is C19H21F2N3O3S2. The molecule has 1 aromatic heterocycles. The topological polar surface area (TPSA) is 69.7 Å². The lowest BCUT2D eigenvalue weighted by Crippen LogP contribution is -2.61. The van der Waals surface area contributed by atoms with Crippen LogP contribution in [0.3, 0.4) is 0 Å². The van der Waals surface area contributed by atoms with Gasteiger partial charge in [-0.3, -0.25) is 9.69 Å². The van der Waals surface area contributed by atoms with Crippen molar-refractivity contribution in [1.29, 1.82) is 0 Å². The SMILES string of the molecule is O=C(CCNS(=O)(=O)c1c(F)cccc1F)N1CC(N2CCc3sccc3C2)C1.